The fourth-order valence-electron chi connectivity index (χ4n) is 3.28. The average Bonchev–Trinajstić information content (AvgIpc) is 3.35. The van der Waals surface area contributed by atoms with E-state index >= 15 is 0 Å². The van der Waals surface area contributed by atoms with Gasteiger partial charge in [0.25, 0.3) is 11.8 Å². The van der Waals surface area contributed by atoms with Crippen molar-refractivity contribution in [3.63, 3.8) is 0 Å². The molecular weight excluding hydrogens is 472 g/mol. The fourth-order valence-corrected chi connectivity index (χ4v) is 3.28. The van der Waals surface area contributed by atoms with Crippen LogP contribution < -0.4 is 21.2 Å². The highest BCUT2D eigenvalue weighted by molar-refractivity contribution is 6.06. The van der Waals surface area contributed by atoms with Crippen LogP contribution in [-0.4, -0.2) is 44.8 Å². The van der Waals surface area contributed by atoms with Crippen LogP contribution in [0, 0.1) is 0 Å². The van der Waals surface area contributed by atoms with Gasteiger partial charge in [-0.25, -0.2) is 10.1 Å². The number of tetrazole rings is 1. The summed E-state index contributed by atoms with van der Waals surface area (Å²) in [6.45, 7) is 0.108. The zero-order chi connectivity index (χ0) is 26.0. The van der Waals surface area contributed by atoms with Gasteiger partial charge in [0.1, 0.15) is 11.4 Å². The number of nitrogens with two attached hydrogens (primary N) is 1. The van der Waals surface area contributed by atoms with Crippen LogP contribution in [0.15, 0.2) is 95.7 Å². The number of methoxy groups -OCH3 is 1. The summed E-state index contributed by atoms with van der Waals surface area (Å²) in [5.41, 5.74) is 10.6. The number of anilines is 1. The number of amides is 2. The van der Waals surface area contributed by atoms with Gasteiger partial charge in [-0.05, 0) is 51.9 Å². The summed E-state index contributed by atoms with van der Waals surface area (Å²) in [6.07, 6.45) is 1.55. The molecule has 1 aromatic heterocycles. The number of carbonyl (C=O) groups is 2. The Morgan fingerprint density at radius 2 is 1.62 bits per heavy atom. The predicted molar refractivity (Wildman–Crippen MR) is 138 cm³/mol. The van der Waals surface area contributed by atoms with E-state index in [1.54, 1.807) is 67.8 Å². The molecule has 2 amide bonds. The zero-order valence-corrected chi connectivity index (χ0v) is 19.9. The average molecular weight is 497 g/mol. The number of nitrogen functional groups attached to an aromatic ring is 1. The van der Waals surface area contributed by atoms with Gasteiger partial charge in [-0.15, -0.1) is 0 Å². The molecule has 0 fully saturated rings. The molecule has 4 aromatic rings. The SMILES string of the molecule is COc1ccc(/C=C(/NC(=O)c2ccccc2)C(=O)NN=C(Cn2nnnc2N)c2ccccc2)cc1. The standard InChI is InChI=1S/C26H24N8O3/c1-37-21-14-12-18(13-15-21)16-22(28-24(35)20-10-6-3-7-11-20)25(36)30-29-23(19-8-4-2-5-9-19)17-34-26(27)31-32-33-34/h2-16H,17H2,1H3,(H,28,35)(H,30,36)(H2,27,31,33)/b22-16+,29-23?. The Kier molecular flexibility index (Phi) is 7.97. The van der Waals surface area contributed by atoms with Crippen LogP contribution in [0.2, 0.25) is 0 Å². The summed E-state index contributed by atoms with van der Waals surface area (Å²) in [4.78, 5) is 26.1. The van der Waals surface area contributed by atoms with E-state index < -0.39 is 11.8 Å². The summed E-state index contributed by atoms with van der Waals surface area (Å²) in [6, 6.07) is 24.8. The van der Waals surface area contributed by atoms with Crippen molar-refractivity contribution >= 4 is 29.6 Å². The number of carbonyl (C=O) groups excluding carboxylic acids is 2. The van der Waals surface area contributed by atoms with Crippen molar-refractivity contribution in [2.24, 2.45) is 5.10 Å². The minimum atomic E-state index is -0.627. The normalized spacial score (nSPS) is 11.6. The van der Waals surface area contributed by atoms with Crippen LogP contribution in [0.3, 0.4) is 0 Å². The number of nitrogens with zero attached hydrogens (tertiary/aromatic N) is 5. The molecule has 4 rings (SSSR count). The summed E-state index contributed by atoms with van der Waals surface area (Å²) in [7, 11) is 1.56. The van der Waals surface area contributed by atoms with Crippen LogP contribution in [-0.2, 0) is 11.3 Å². The third-order valence-electron chi connectivity index (χ3n) is 5.21. The lowest BCUT2D eigenvalue weighted by Crippen LogP contribution is -2.33. The number of hydrazone groups is 1. The van der Waals surface area contributed by atoms with Crippen LogP contribution >= 0.6 is 0 Å². The smallest absolute Gasteiger partial charge is 0.287 e. The van der Waals surface area contributed by atoms with E-state index in [-0.39, 0.29) is 18.2 Å². The molecule has 1 heterocycles. The Labute approximate surface area is 212 Å². The van der Waals surface area contributed by atoms with Gasteiger partial charge in [-0.3, -0.25) is 9.59 Å². The maximum absolute atomic E-state index is 13.2. The molecule has 0 atom stereocenters. The molecule has 186 valence electrons. The Morgan fingerprint density at radius 1 is 0.973 bits per heavy atom. The number of aromatic nitrogens is 4. The minimum absolute atomic E-state index is 0.00267. The first-order valence-electron chi connectivity index (χ1n) is 11.2. The van der Waals surface area contributed by atoms with Crippen molar-refractivity contribution < 1.29 is 14.3 Å². The Hall–Kier alpha value is -5.32. The molecule has 37 heavy (non-hydrogen) atoms. The molecule has 0 aliphatic rings. The van der Waals surface area contributed by atoms with Crippen LogP contribution in [0.25, 0.3) is 6.08 Å². The predicted octanol–water partition coefficient (Wildman–Crippen LogP) is 2.26. The van der Waals surface area contributed by atoms with E-state index in [1.165, 1.54) is 4.68 Å². The number of benzene rings is 3. The van der Waals surface area contributed by atoms with E-state index in [2.05, 4.69) is 31.4 Å². The number of ether oxygens (including phenoxy) is 1. The molecule has 0 aliphatic carbocycles. The van der Waals surface area contributed by atoms with Crippen LogP contribution in [0.4, 0.5) is 5.95 Å². The van der Waals surface area contributed by atoms with Gasteiger partial charge in [0.15, 0.2) is 0 Å². The highest BCUT2D eigenvalue weighted by Gasteiger charge is 2.16. The number of nitrogens with one attached hydrogen (secondary N) is 2. The van der Waals surface area contributed by atoms with Crippen LogP contribution in [0.1, 0.15) is 21.5 Å². The monoisotopic (exact) mass is 496 g/mol. The maximum atomic E-state index is 13.2. The molecule has 3 aromatic carbocycles. The molecule has 0 aliphatic heterocycles. The Bertz CT molecular complexity index is 1420. The third-order valence-corrected chi connectivity index (χ3v) is 5.21. The summed E-state index contributed by atoms with van der Waals surface area (Å²) < 4.78 is 6.54. The molecular formula is C26H24N8O3. The van der Waals surface area contributed by atoms with Gasteiger partial charge in [-0.1, -0.05) is 65.8 Å². The summed E-state index contributed by atoms with van der Waals surface area (Å²) >= 11 is 0. The van der Waals surface area contributed by atoms with E-state index in [0.29, 0.717) is 22.6 Å². The first-order valence-corrected chi connectivity index (χ1v) is 11.2. The van der Waals surface area contributed by atoms with Crippen molar-refractivity contribution in [3.8, 4) is 5.75 Å². The lowest BCUT2D eigenvalue weighted by atomic mass is 10.1. The van der Waals surface area contributed by atoms with E-state index in [0.717, 1.165) is 5.56 Å². The molecule has 0 saturated carbocycles. The lowest BCUT2D eigenvalue weighted by molar-refractivity contribution is -0.117. The van der Waals surface area contributed by atoms with Gasteiger partial charge >= 0.3 is 0 Å². The zero-order valence-electron chi connectivity index (χ0n) is 19.9. The van der Waals surface area contributed by atoms with Crippen molar-refractivity contribution in [2.45, 2.75) is 6.54 Å². The van der Waals surface area contributed by atoms with Crippen molar-refractivity contribution in [1.82, 2.24) is 30.9 Å². The summed E-state index contributed by atoms with van der Waals surface area (Å²) in [5, 5.41) is 18.1. The van der Waals surface area contributed by atoms with Gasteiger partial charge in [0.2, 0.25) is 5.95 Å². The van der Waals surface area contributed by atoms with Gasteiger partial charge in [0, 0.05) is 5.56 Å². The van der Waals surface area contributed by atoms with E-state index in [4.69, 9.17) is 10.5 Å². The number of rotatable bonds is 9. The Morgan fingerprint density at radius 3 is 2.22 bits per heavy atom. The quantitative estimate of drug-likeness (QED) is 0.183. The summed E-state index contributed by atoms with van der Waals surface area (Å²) in [5.74, 6) is -0.303. The number of hydrogen-bond acceptors (Lipinski definition) is 8. The fraction of sp³-hybridized carbons (Fsp3) is 0.0769. The second-order valence-electron chi connectivity index (χ2n) is 7.71. The molecule has 0 radical (unpaired) electrons. The van der Waals surface area contributed by atoms with Crippen LogP contribution in [0.5, 0.6) is 5.75 Å². The highest BCUT2D eigenvalue weighted by atomic mass is 16.5. The second-order valence-corrected chi connectivity index (χ2v) is 7.71. The molecule has 0 unspecified atom stereocenters. The second kappa shape index (κ2) is 11.9. The van der Waals surface area contributed by atoms with Gasteiger partial charge in [0.05, 0.1) is 19.4 Å². The molecule has 11 nitrogen and oxygen atoms in total. The number of hydrogen-bond donors (Lipinski definition) is 3. The largest absolute Gasteiger partial charge is 0.497 e. The molecule has 0 saturated heterocycles. The maximum Gasteiger partial charge on any atom is 0.287 e. The molecule has 0 spiro atoms. The molecule has 11 heteroatoms. The van der Waals surface area contributed by atoms with Crippen molar-refractivity contribution in [2.75, 3.05) is 12.8 Å². The minimum Gasteiger partial charge on any atom is -0.497 e. The van der Waals surface area contributed by atoms with Gasteiger partial charge < -0.3 is 15.8 Å². The van der Waals surface area contributed by atoms with Gasteiger partial charge in [-0.2, -0.15) is 5.10 Å². The van der Waals surface area contributed by atoms with E-state index in [9.17, 15) is 9.59 Å². The topological polar surface area (TPSA) is 149 Å². The first kappa shape index (κ1) is 24.8. The third kappa shape index (κ3) is 6.63. The molecule has 4 N–H and O–H groups in total. The Balaban J connectivity index is 1.62. The van der Waals surface area contributed by atoms with E-state index in [1.807, 2.05) is 30.3 Å². The van der Waals surface area contributed by atoms with Crippen molar-refractivity contribution in [1.29, 1.82) is 0 Å². The first-order chi connectivity index (χ1) is 18.0. The highest BCUT2D eigenvalue weighted by Crippen LogP contribution is 2.14. The molecule has 0 bridgehead atoms. The van der Waals surface area contributed by atoms with Crippen molar-refractivity contribution in [3.05, 3.63) is 107 Å². The lowest BCUT2D eigenvalue weighted by Gasteiger charge is -2.11.